The Labute approximate surface area is 147 Å². The predicted molar refractivity (Wildman–Crippen MR) is 104 cm³/mol. The quantitative estimate of drug-likeness (QED) is 0.693. The molecule has 1 aliphatic carbocycles. The number of benzene rings is 1. The highest BCUT2D eigenvalue weighted by molar-refractivity contribution is 5.88. The molecule has 1 heterocycles. The normalized spacial score (nSPS) is 22.4. The Kier molecular flexibility index (Phi) is 4.68. The number of unbranched alkanes of at least 4 members (excludes halogenated alkanes) is 2. The van der Waals surface area contributed by atoms with Crippen molar-refractivity contribution >= 4 is 11.3 Å². The van der Waals surface area contributed by atoms with Crippen molar-refractivity contribution in [3.63, 3.8) is 0 Å². The molecule has 2 heteroatoms. The molecule has 1 aromatic carbocycles. The average molecular weight is 328 g/mol. The van der Waals surface area contributed by atoms with Crippen LogP contribution in [-0.2, 0) is 6.42 Å². The number of nitrogens with zero attached hydrogens (tertiary/aromatic N) is 1. The van der Waals surface area contributed by atoms with Crippen LogP contribution in [0.5, 0.6) is 5.75 Å². The number of rotatable bonds is 4. The minimum atomic E-state index is 0.0386. The largest absolute Gasteiger partial charge is 0.507 e. The third kappa shape index (κ3) is 2.85. The molecule has 1 N–H and O–H groups in total. The van der Waals surface area contributed by atoms with E-state index in [-0.39, 0.29) is 5.54 Å². The fraction of sp³-hybridized carbons (Fsp3) is 0.636. The van der Waals surface area contributed by atoms with Crippen LogP contribution >= 0.6 is 0 Å². The molecular formula is C22H33NO. The molecule has 0 fully saturated rings. The molecule has 1 aliphatic heterocycles. The lowest BCUT2D eigenvalue weighted by molar-refractivity contribution is 0.445. The maximum Gasteiger partial charge on any atom is 0.125 e. The molecule has 1 atom stereocenters. The van der Waals surface area contributed by atoms with Crippen molar-refractivity contribution in [2.24, 2.45) is 5.92 Å². The summed E-state index contributed by atoms with van der Waals surface area (Å²) in [4.78, 5) is 2.39. The first kappa shape index (κ1) is 17.4. The smallest absolute Gasteiger partial charge is 0.125 e. The lowest BCUT2D eigenvalue weighted by Crippen LogP contribution is -2.47. The van der Waals surface area contributed by atoms with Crippen molar-refractivity contribution in [3.05, 3.63) is 28.8 Å². The van der Waals surface area contributed by atoms with Gasteiger partial charge in [0.25, 0.3) is 0 Å². The number of hydrogen-bond acceptors (Lipinski definition) is 2. The van der Waals surface area contributed by atoms with Gasteiger partial charge in [0.2, 0.25) is 0 Å². The van der Waals surface area contributed by atoms with E-state index in [0.717, 1.165) is 24.8 Å². The number of aryl methyl sites for hydroxylation is 1. The van der Waals surface area contributed by atoms with Crippen molar-refractivity contribution in [2.45, 2.75) is 78.2 Å². The van der Waals surface area contributed by atoms with E-state index in [4.69, 9.17) is 0 Å². The number of hydrogen-bond donors (Lipinski definition) is 1. The van der Waals surface area contributed by atoms with Gasteiger partial charge >= 0.3 is 0 Å². The summed E-state index contributed by atoms with van der Waals surface area (Å²) in [6.45, 7) is 9.24. The summed E-state index contributed by atoms with van der Waals surface area (Å²) in [5.41, 5.74) is 6.60. The minimum Gasteiger partial charge on any atom is -0.507 e. The van der Waals surface area contributed by atoms with Gasteiger partial charge < -0.3 is 10.0 Å². The monoisotopic (exact) mass is 327 g/mol. The van der Waals surface area contributed by atoms with Crippen LogP contribution in [0.3, 0.4) is 0 Å². The SMILES string of the molecule is CCCCCc1cc(O)c2c(c1)N(C)C(C)(C)C1=C2CC(C)CC1. The van der Waals surface area contributed by atoms with Crippen LogP contribution in [-0.4, -0.2) is 17.7 Å². The molecule has 24 heavy (non-hydrogen) atoms. The van der Waals surface area contributed by atoms with Crippen molar-refractivity contribution in [1.29, 1.82) is 0 Å². The summed E-state index contributed by atoms with van der Waals surface area (Å²) in [7, 11) is 2.19. The van der Waals surface area contributed by atoms with Gasteiger partial charge in [0.05, 0.1) is 5.54 Å². The molecule has 2 nitrogen and oxygen atoms in total. The Morgan fingerprint density at radius 2 is 2.00 bits per heavy atom. The second kappa shape index (κ2) is 6.46. The fourth-order valence-corrected chi connectivity index (χ4v) is 4.51. The summed E-state index contributed by atoms with van der Waals surface area (Å²) in [6, 6.07) is 4.35. The molecule has 1 aromatic rings. The molecular weight excluding hydrogens is 294 g/mol. The number of aromatic hydroxyl groups is 1. The van der Waals surface area contributed by atoms with Crippen LogP contribution < -0.4 is 4.90 Å². The number of phenols is 1. The number of phenolic OH excluding ortho intramolecular Hbond substituents is 1. The second-order valence-electron chi connectivity index (χ2n) is 8.39. The van der Waals surface area contributed by atoms with E-state index in [1.165, 1.54) is 48.1 Å². The van der Waals surface area contributed by atoms with Gasteiger partial charge in [-0.05, 0) is 80.7 Å². The predicted octanol–water partition coefficient (Wildman–Crippen LogP) is 5.93. The van der Waals surface area contributed by atoms with Crippen LogP contribution in [0.25, 0.3) is 5.57 Å². The highest BCUT2D eigenvalue weighted by Gasteiger charge is 2.40. The first-order valence-electron chi connectivity index (χ1n) is 9.68. The Morgan fingerprint density at radius 3 is 2.71 bits per heavy atom. The number of anilines is 1. The van der Waals surface area contributed by atoms with Crippen LogP contribution in [0, 0.1) is 5.92 Å². The number of fused-ring (bicyclic) bond motifs is 2. The summed E-state index contributed by atoms with van der Waals surface area (Å²) in [5.74, 6) is 1.20. The van der Waals surface area contributed by atoms with E-state index in [0.29, 0.717) is 11.7 Å². The molecule has 2 aliphatic rings. The molecule has 1 unspecified atom stereocenters. The Morgan fingerprint density at radius 1 is 1.25 bits per heavy atom. The summed E-state index contributed by atoms with van der Waals surface area (Å²) in [5, 5.41) is 10.8. The summed E-state index contributed by atoms with van der Waals surface area (Å²) >= 11 is 0. The van der Waals surface area contributed by atoms with Gasteiger partial charge in [0.15, 0.2) is 0 Å². The van der Waals surface area contributed by atoms with E-state index in [1.54, 1.807) is 0 Å². The van der Waals surface area contributed by atoms with Gasteiger partial charge in [-0.3, -0.25) is 0 Å². The average Bonchev–Trinajstić information content (AvgIpc) is 2.52. The maximum atomic E-state index is 10.8. The molecule has 0 spiro atoms. The molecule has 0 bridgehead atoms. The van der Waals surface area contributed by atoms with E-state index in [2.05, 4.69) is 45.7 Å². The van der Waals surface area contributed by atoms with Crippen LogP contribution in [0.2, 0.25) is 0 Å². The number of likely N-dealkylation sites (N-methyl/N-ethyl adjacent to an activating group) is 1. The maximum absolute atomic E-state index is 10.8. The van der Waals surface area contributed by atoms with E-state index in [1.807, 2.05) is 6.07 Å². The van der Waals surface area contributed by atoms with E-state index in [9.17, 15) is 5.11 Å². The topological polar surface area (TPSA) is 23.5 Å². The van der Waals surface area contributed by atoms with Gasteiger partial charge in [-0.15, -0.1) is 0 Å². The fourth-order valence-electron chi connectivity index (χ4n) is 4.51. The zero-order valence-corrected chi connectivity index (χ0v) is 16.1. The van der Waals surface area contributed by atoms with Gasteiger partial charge in [0, 0.05) is 18.3 Å². The van der Waals surface area contributed by atoms with Crippen molar-refractivity contribution in [2.75, 3.05) is 11.9 Å². The van der Waals surface area contributed by atoms with Gasteiger partial charge in [-0.2, -0.15) is 0 Å². The zero-order chi connectivity index (χ0) is 17.5. The second-order valence-corrected chi connectivity index (χ2v) is 8.39. The first-order chi connectivity index (χ1) is 11.4. The highest BCUT2D eigenvalue weighted by atomic mass is 16.3. The van der Waals surface area contributed by atoms with Crippen molar-refractivity contribution < 1.29 is 5.11 Å². The third-order valence-corrected chi connectivity index (χ3v) is 6.27. The first-order valence-corrected chi connectivity index (χ1v) is 9.68. The molecule has 0 radical (unpaired) electrons. The van der Waals surface area contributed by atoms with Crippen LogP contribution in [0.15, 0.2) is 17.7 Å². The molecule has 0 amide bonds. The molecule has 0 aromatic heterocycles. The minimum absolute atomic E-state index is 0.0386. The highest BCUT2D eigenvalue weighted by Crippen LogP contribution is 2.52. The van der Waals surface area contributed by atoms with Gasteiger partial charge in [-0.25, -0.2) is 0 Å². The molecule has 0 saturated carbocycles. The van der Waals surface area contributed by atoms with Crippen molar-refractivity contribution in [1.82, 2.24) is 0 Å². The Hall–Kier alpha value is -1.44. The summed E-state index contributed by atoms with van der Waals surface area (Å²) in [6.07, 6.45) is 8.27. The Balaban J connectivity index is 2.08. The Bertz CT molecular complexity index is 656. The molecule has 0 saturated heterocycles. The van der Waals surface area contributed by atoms with Gasteiger partial charge in [-0.1, -0.05) is 26.7 Å². The molecule has 132 valence electrons. The van der Waals surface area contributed by atoms with Crippen molar-refractivity contribution in [3.8, 4) is 5.75 Å². The van der Waals surface area contributed by atoms with Crippen LogP contribution in [0.1, 0.15) is 77.3 Å². The third-order valence-electron chi connectivity index (χ3n) is 6.27. The van der Waals surface area contributed by atoms with E-state index >= 15 is 0 Å². The zero-order valence-electron chi connectivity index (χ0n) is 16.1. The lowest BCUT2D eigenvalue weighted by atomic mass is 9.71. The molecule has 3 rings (SSSR count). The number of allylic oxidation sites excluding steroid dienone is 1. The standard InChI is InChI=1S/C22H33NO/c1-6-7-8-9-16-13-19-21(20(24)14-16)17-12-15(2)10-11-18(17)22(3,4)23(19)5/h13-15,24H,6-12H2,1-5H3. The van der Waals surface area contributed by atoms with Crippen LogP contribution in [0.4, 0.5) is 5.69 Å². The lowest BCUT2D eigenvalue weighted by Gasteiger charge is -2.48. The van der Waals surface area contributed by atoms with Gasteiger partial charge in [0.1, 0.15) is 5.75 Å². The summed E-state index contributed by atoms with van der Waals surface area (Å²) < 4.78 is 0. The van der Waals surface area contributed by atoms with E-state index < -0.39 is 0 Å².